The van der Waals surface area contributed by atoms with Gasteiger partial charge in [0.05, 0.1) is 31.3 Å². The lowest BCUT2D eigenvalue weighted by Crippen LogP contribution is -2.29. The molecule has 156 valence electrons. The molecule has 3 aromatic carbocycles. The average molecular weight is 522 g/mol. The van der Waals surface area contributed by atoms with Gasteiger partial charge in [-0.25, -0.2) is 0 Å². The molecule has 1 aromatic heterocycles. The van der Waals surface area contributed by atoms with Crippen molar-refractivity contribution in [1.29, 1.82) is 0 Å². The van der Waals surface area contributed by atoms with Gasteiger partial charge in [0, 0.05) is 8.96 Å². The van der Waals surface area contributed by atoms with Gasteiger partial charge >= 0.3 is 0 Å². The van der Waals surface area contributed by atoms with Crippen LogP contribution in [0.5, 0.6) is 5.75 Å². The molecule has 0 saturated heterocycles. The Bertz CT molecular complexity index is 1250. The van der Waals surface area contributed by atoms with Crippen molar-refractivity contribution < 1.29 is 4.74 Å². The van der Waals surface area contributed by atoms with Crippen molar-refractivity contribution in [2.45, 2.75) is 25.6 Å². The lowest BCUT2D eigenvalue weighted by atomic mass is 10.0. The zero-order valence-corrected chi connectivity index (χ0v) is 19.6. The van der Waals surface area contributed by atoms with Crippen LogP contribution < -0.4 is 10.1 Å². The summed E-state index contributed by atoms with van der Waals surface area (Å²) in [7, 11) is 1.68. The van der Waals surface area contributed by atoms with Gasteiger partial charge in [0.25, 0.3) is 0 Å². The van der Waals surface area contributed by atoms with Crippen molar-refractivity contribution in [3.63, 3.8) is 0 Å². The summed E-state index contributed by atoms with van der Waals surface area (Å²) in [6, 6.07) is 25.3. The Labute approximate surface area is 195 Å². The average Bonchev–Trinajstić information content (AvgIpc) is 3.35. The Morgan fingerprint density at radius 3 is 2.55 bits per heavy atom. The molecular formula is C25H23IN4O. The van der Waals surface area contributed by atoms with Crippen LogP contribution in [-0.2, 0) is 6.54 Å². The Morgan fingerprint density at radius 1 is 1.03 bits per heavy atom. The van der Waals surface area contributed by atoms with Crippen molar-refractivity contribution in [3.8, 4) is 5.75 Å². The first-order valence-corrected chi connectivity index (χ1v) is 11.4. The minimum atomic E-state index is 0.0840. The molecular weight excluding hydrogens is 499 g/mol. The molecule has 2 unspecified atom stereocenters. The highest BCUT2D eigenvalue weighted by Crippen LogP contribution is 2.29. The number of methoxy groups -OCH3 is 1. The van der Waals surface area contributed by atoms with Gasteiger partial charge < -0.3 is 10.1 Å². The summed E-state index contributed by atoms with van der Waals surface area (Å²) in [4.78, 5) is 5.04. The third-order valence-electron chi connectivity index (χ3n) is 5.68. The van der Waals surface area contributed by atoms with Crippen LogP contribution in [0.25, 0.3) is 10.9 Å². The molecule has 0 amide bonds. The minimum absolute atomic E-state index is 0.0840. The van der Waals surface area contributed by atoms with Crippen molar-refractivity contribution in [2.24, 2.45) is 4.99 Å². The fourth-order valence-electron chi connectivity index (χ4n) is 4.08. The lowest BCUT2D eigenvalue weighted by Gasteiger charge is -2.13. The maximum absolute atomic E-state index is 5.28. The fraction of sp³-hybridized carbons (Fsp3) is 0.200. The van der Waals surface area contributed by atoms with Crippen LogP contribution in [0.4, 0.5) is 0 Å². The molecule has 0 aliphatic carbocycles. The van der Waals surface area contributed by atoms with E-state index in [1.807, 2.05) is 18.2 Å². The van der Waals surface area contributed by atoms with Gasteiger partial charge in [0.1, 0.15) is 11.4 Å². The molecule has 0 fully saturated rings. The first kappa shape index (κ1) is 20.1. The number of nitrogens with zero attached hydrogens (tertiary/aromatic N) is 3. The van der Waals surface area contributed by atoms with E-state index in [1.165, 1.54) is 14.7 Å². The standard InChI is InChI=1S/C25H23IN4O/c1-16-23(18-6-4-3-5-7-18)28-25(27-16)24-21-14-19(26)10-13-22(21)30(29-24)15-17-8-11-20(31-2)12-9-17/h3-14,16,23H,15H2,1-2H3,(H,27,28). The zero-order chi connectivity index (χ0) is 21.4. The fourth-order valence-corrected chi connectivity index (χ4v) is 4.57. The van der Waals surface area contributed by atoms with E-state index in [1.54, 1.807) is 7.11 Å². The van der Waals surface area contributed by atoms with Crippen LogP contribution in [0.3, 0.4) is 0 Å². The second-order valence-electron chi connectivity index (χ2n) is 7.78. The highest BCUT2D eigenvalue weighted by Gasteiger charge is 2.29. The van der Waals surface area contributed by atoms with Crippen LogP contribution in [0, 0.1) is 3.57 Å². The number of nitrogens with one attached hydrogen (secondary N) is 1. The van der Waals surface area contributed by atoms with E-state index in [0.717, 1.165) is 28.2 Å². The highest BCUT2D eigenvalue weighted by molar-refractivity contribution is 14.1. The molecule has 31 heavy (non-hydrogen) atoms. The largest absolute Gasteiger partial charge is 0.497 e. The molecule has 0 bridgehead atoms. The van der Waals surface area contributed by atoms with Crippen LogP contribution in [0.1, 0.15) is 29.8 Å². The number of benzene rings is 3. The molecule has 2 atom stereocenters. The number of rotatable bonds is 5. The molecule has 4 aromatic rings. The van der Waals surface area contributed by atoms with Crippen LogP contribution in [-0.4, -0.2) is 28.8 Å². The van der Waals surface area contributed by atoms with Crippen molar-refractivity contribution in [2.75, 3.05) is 7.11 Å². The lowest BCUT2D eigenvalue weighted by molar-refractivity contribution is 0.414. The molecule has 5 rings (SSSR count). The van der Waals surface area contributed by atoms with Gasteiger partial charge in [-0.15, -0.1) is 0 Å². The highest BCUT2D eigenvalue weighted by atomic mass is 127. The van der Waals surface area contributed by atoms with Crippen molar-refractivity contribution in [3.05, 3.63) is 93.2 Å². The topological polar surface area (TPSA) is 51.4 Å². The Hall–Kier alpha value is -2.87. The number of aromatic nitrogens is 2. The van der Waals surface area contributed by atoms with E-state index in [9.17, 15) is 0 Å². The number of amidine groups is 1. The van der Waals surface area contributed by atoms with Gasteiger partial charge in [-0.1, -0.05) is 42.5 Å². The molecule has 5 nitrogen and oxygen atoms in total. The summed E-state index contributed by atoms with van der Waals surface area (Å²) in [5.74, 6) is 1.72. The molecule has 1 aliphatic rings. The quantitative estimate of drug-likeness (QED) is 0.368. The van der Waals surface area contributed by atoms with Crippen LogP contribution >= 0.6 is 22.6 Å². The Kier molecular flexibility index (Phi) is 5.40. The first-order valence-electron chi connectivity index (χ1n) is 10.3. The molecule has 0 spiro atoms. The Morgan fingerprint density at radius 2 is 1.81 bits per heavy atom. The predicted molar refractivity (Wildman–Crippen MR) is 133 cm³/mol. The molecule has 0 radical (unpaired) electrons. The smallest absolute Gasteiger partial charge is 0.150 e. The normalized spacial score (nSPS) is 18.1. The van der Waals surface area contributed by atoms with Gasteiger partial charge in [-0.2, -0.15) is 5.10 Å². The minimum Gasteiger partial charge on any atom is -0.497 e. The maximum Gasteiger partial charge on any atom is 0.150 e. The number of aliphatic imine (C=N–C) groups is 1. The second kappa shape index (κ2) is 8.34. The number of halogens is 1. The SMILES string of the molecule is COc1ccc(Cn2nc(C3=NC(c4ccccc4)C(C)N3)c3cc(I)ccc32)cc1. The molecule has 1 aliphatic heterocycles. The molecule has 0 saturated carbocycles. The van der Waals surface area contributed by atoms with E-state index in [4.69, 9.17) is 14.8 Å². The second-order valence-corrected chi connectivity index (χ2v) is 9.03. The third kappa shape index (κ3) is 3.92. The summed E-state index contributed by atoms with van der Waals surface area (Å²) in [5, 5.41) is 9.70. The van der Waals surface area contributed by atoms with E-state index >= 15 is 0 Å². The summed E-state index contributed by atoms with van der Waals surface area (Å²) >= 11 is 2.35. The zero-order valence-electron chi connectivity index (χ0n) is 17.4. The summed E-state index contributed by atoms with van der Waals surface area (Å²) in [5.41, 5.74) is 4.40. The van der Waals surface area contributed by atoms with Crippen LogP contribution in [0.15, 0.2) is 77.8 Å². The molecule has 1 N–H and O–H groups in total. The van der Waals surface area contributed by atoms with E-state index in [-0.39, 0.29) is 12.1 Å². The van der Waals surface area contributed by atoms with Gasteiger partial charge in [0.2, 0.25) is 0 Å². The molecule has 6 heteroatoms. The summed E-state index contributed by atoms with van der Waals surface area (Å²) in [6.07, 6.45) is 0. The number of hydrogen-bond acceptors (Lipinski definition) is 4. The predicted octanol–water partition coefficient (Wildman–Crippen LogP) is 5.18. The third-order valence-corrected chi connectivity index (χ3v) is 6.35. The monoisotopic (exact) mass is 522 g/mol. The summed E-state index contributed by atoms with van der Waals surface area (Å²) in [6.45, 7) is 2.86. The van der Waals surface area contributed by atoms with Crippen molar-refractivity contribution in [1.82, 2.24) is 15.1 Å². The van der Waals surface area contributed by atoms with E-state index in [2.05, 4.69) is 94.1 Å². The number of ether oxygens (including phenoxy) is 1. The van der Waals surface area contributed by atoms with E-state index < -0.39 is 0 Å². The summed E-state index contributed by atoms with van der Waals surface area (Å²) < 4.78 is 8.53. The molecule has 2 heterocycles. The Balaban J connectivity index is 1.55. The first-order chi connectivity index (χ1) is 15.1. The van der Waals surface area contributed by atoms with Crippen LogP contribution in [0.2, 0.25) is 0 Å². The van der Waals surface area contributed by atoms with Gasteiger partial charge in [0.15, 0.2) is 5.84 Å². The van der Waals surface area contributed by atoms with Gasteiger partial charge in [-0.05, 0) is 71.0 Å². The van der Waals surface area contributed by atoms with Gasteiger partial charge in [-0.3, -0.25) is 9.67 Å². The number of fused-ring (bicyclic) bond motifs is 1. The van der Waals surface area contributed by atoms with Crippen molar-refractivity contribution >= 4 is 39.3 Å². The van der Waals surface area contributed by atoms with E-state index in [0.29, 0.717) is 6.54 Å². The maximum atomic E-state index is 5.28. The number of hydrogen-bond donors (Lipinski definition) is 1.